The van der Waals surface area contributed by atoms with E-state index in [1.165, 1.54) is 12.8 Å². The van der Waals surface area contributed by atoms with E-state index in [4.69, 9.17) is 0 Å². The summed E-state index contributed by atoms with van der Waals surface area (Å²) in [5, 5.41) is 3.33. The number of rotatable bonds is 1. The van der Waals surface area contributed by atoms with Crippen molar-refractivity contribution in [2.24, 2.45) is 5.92 Å². The lowest BCUT2D eigenvalue weighted by molar-refractivity contribution is 0.437. The summed E-state index contributed by atoms with van der Waals surface area (Å²) >= 11 is 6.73. The first-order valence-corrected chi connectivity index (χ1v) is 5.11. The average molecular weight is 269 g/mol. The van der Waals surface area contributed by atoms with Crippen LogP contribution in [0.4, 0.5) is 0 Å². The zero-order chi connectivity index (χ0) is 7.40. The number of allylic oxidation sites excluding steroid dienone is 1. The zero-order valence-electron chi connectivity index (χ0n) is 5.74. The van der Waals surface area contributed by atoms with Crippen LogP contribution in [0.3, 0.4) is 0 Å². The van der Waals surface area contributed by atoms with Crippen LogP contribution in [0.25, 0.3) is 0 Å². The molecule has 0 aromatic rings. The molecule has 3 heteroatoms. The van der Waals surface area contributed by atoms with E-state index in [1.807, 2.05) is 0 Å². The standard InChI is InChI=1S/C7H11Br2N/c8-7(9)5-6-1-3-10-4-2-6/h5-6,10H,1-4H2. The summed E-state index contributed by atoms with van der Waals surface area (Å²) in [6.45, 7) is 2.32. The van der Waals surface area contributed by atoms with Gasteiger partial charge in [0.1, 0.15) is 0 Å². The lowest BCUT2D eigenvalue weighted by Crippen LogP contribution is -2.26. The lowest BCUT2D eigenvalue weighted by atomic mass is 9.99. The van der Waals surface area contributed by atoms with Crippen molar-refractivity contribution in [3.05, 3.63) is 9.47 Å². The molecule has 0 aromatic carbocycles. The molecule has 10 heavy (non-hydrogen) atoms. The van der Waals surface area contributed by atoms with E-state index in [1.54, 1.807) is 0 Å². The van der Waals surface area contributed by atoms with Crippen molar-refractivity contribution in [1.29, 1.82) is 0 Å². The number of hydrogen-bond acceptors (Lipinski definition) is 1. The number of halogens is 2. The third kappa shape index (κ3) is 3.17. The Morgan fingerprint density at radius 2 is 1.90 bits per heavy atom. The van der Waals surface area contributed by atoms with Gasteiger partial charge in [0.25, 0.3) is 0 Å². The molecule has 0 aliphatic carbocycles. The summed E-state index contributed by atoms with van der Waals surface area (Å²) < 4.78 is 1.09. The summed E-state index contributed by atoms with van der Waals surface area (Å²) in [4.78, 5) is 0. The van der Waals surface area contributed by atoms with Gasteiger partial charge in [0.05, 0.1) is 3.39 Å². The van der Waals surface area contributed by atoms with Gasteiger partial charge in [0.2, 0.25) is 0 Å². The minimum atomic E-state index is 0.759. The van der Waals surface area contributed by atoms with Crippen molar-refractivity contribution in [2.45, 2.75) is 12.8 Å². The molecular formula is C7H11Br2N. The van der Waals surface area contributed by atoms with Crippen molar-refractivity contribution in [1.82, 2.24) is 5.32 Å². The summed E-state index contributed by atoms with van der Waals surface area (Å²) in [6, 6.07) is 0. The van der Waals surface area contributed by atoms with Crippen LogP contribution in [-0.2, 0) is 0 Å². The van der Waals surface area contributed by atoms with Crippen LogP contribution in [0.2, 0.25) is 0 Å². The lowest BCUT2D eigenvalue weighted by Gasteiger charge is -2.19. The Kier molecular flexibility index (Phi) is 3.96. The van der Waals surface area contributed by atoms with Crippen LogP contribution in [-0.4, -0.2) is 13.1 Å². The highest BCUT2D eigenvalue weighted by molar-refractivity contribution is 9.28. The molecular weight excluding hydrogens is 258 g/mol. The molecule has 0 spiro atoms. The fraction of sp³-hybridized carbons (Fsp3) is 0.714. The molecule has 1 fully saturated rings. The van der Waals surface area contributed by atoms with E-state index in [0.29, 0.717) is 0 Å². The van der Waals surface area contributed by atoms with Gasteiger partial charge in [-0.15, -0.1) is 0 Å². The van der Waals surface area contributed by atoms with Gasteiger partial charge < -0.3 is 5.32 Å². The molecule has 0 radical (unpaired) electrons. The Hall–Kier alpha value is 0.660. The Morgan fingerprint density at radius 1 is 1.30 bits per heavy atom. The molecule has 1 N–H and O–H groups in total. The SMILES string of the molecule is BrC(Br)=CC1CCNCC1. The van der Waals surface area contributed by atoms with E-state index < -0.39 is 0 Å². The molecule has 1 aliphatic heterocycles. The molecule has 0 bridgehead atoms. The fourth-order valence-corrected chi connectivity index (χ4v) is 1.94. The van der Waals surface area contributed by atoms with Crippen molar-refractivity contribution in [2.75, 3.05) is 13.1 Å². The molecule has 0 saturated carbocycles. The van der Waals surface area contributed by atoms with E-state index in [-0.39, 0.29) is 0 Å². The summed E-state index contributed by atoms with van der Waals surface area (Å²) in [5.41, 5.74) is 0. The van der Waals surface area contributed by atoms with E-state index in [0.717, 1.165) is 22.4 Å². The quantitative estimate of drug-likeness (QED) is 0.771. The molecule has 1 nitrogen and oxygen atoms in total. The Balaban J connectivity index is 2.33. The smallest absolute Gasteiger partial charge is 0.0567 e. The second kappa shape index (κ2) is 4.52. The van der Waals surface area contributed by atoms with Gasteiger partial charge in [-0.2, -0.15) is 0 Å². The second-order valence-electron chi connectivity index (χ2n) is 2.54. The largest absolute Gasteiger partial charge is 0.317 e. The molecule has 0 amide bonds. The number of piperidine rings is 1. The average Bonchev–Trinajstić information content (AvgIpc) is 1.88. The molecule has 1 saturated heterocycles. The molecule has 1 rings (SSSR count). The monoisotopic (exact) mass is 267 g/mol. The van der Waals surface area contributed by atoms with Gasteiger partial charge >= 0.3 is 0 Å². The third-order valence-corrected chi connectivity index (χ3v) is 2.27. The van der Waals surface area contributed by atoms with Crippen molar-refractivity contribution < 1.29 is 0 Å². The van der Waals surface area contributed by atoms with Gasteiger partial charge in [-0.3, -0.25) is 0 Å². The topological polar surface area (TPSA) is 12.0 Å². The maximum absolute atomic E-state index is 3.37. The first kappa shape index (κ1) is 8.75. The van der Waals surface area contributed by atoms with Gasteiger partial charge in [-0.25, -0.2) is 0 Å². The van der Waals surface area contributed by atoms with Crippen LogP contribution in [0.1, 0.15) is 12.8 Å². The maximum atomic E-state index is 3.37. The van der Waals surface area contributed by atoms with Crippen LogP contribution in [0.5, 0.6) is 0 Å². The highest BCUT2D eigenvalue weighted by Gasteiger charge is 2.09. The molecule has 0 aromatic heterocycles. The Morgan fingerprint density at radius 3 is 2.40 bits per heavy atom. The molecule has 1 heterocycles. The number of hydrogen-bond donors (Lipinski definition) is 1. The second-order valence-corrected chi connectivity index (χ2v) is 5.32. The zero-order valence-corrected chi connectivity index (χ0v) is 8.91. The van der Waals surface area contributed by atoms with Crippen LogP contribution in [0, 0.1) is 5.92 Å². The summed E-state index contributed by atoms with van der Waals surface area (Å²) in [5.74, 6) is 0.759. The molecule has 1 aliphatic rings. The van der Waals surface area contributed by atoms with Gasteiger partial charge in [0.15, 0.2) is 0 Å². The van der Waals surface area contributed by atoms with Crippen LogP contribution in [0.15, 0.2) is 9.47 Å². The van der Waals surface area contributed by atoms with Crippen molar-refractivity contribution in [3.8, 4) is 0 Å². The summed E-state index contributed by atoms with van der Waals surface area (Å²) in [6.07, 6.45) is 4.77. The van der Waals surface area contributed by atoms with Gasteiger partial charge in [-0.1, -0.05) is 6.08 Å². The van der Waals surface area contributed by atoms with E-state index >= 15 is 0 Å². The van der Waals surface area contributed by atoms with Crippen molar-refractivity contribution >= 4 is 31.9 Å². The molecule has 0 unspecified atom stereocenters. The maximum Gasteiger partial charge on any atom is 0.0567 e. The Bertz CT molecular complexity index is 124. The minimum Gasteiger partial charge on any atom is -0.317 e. The molecule has 58 valence electrons. The van der Waals surface area contributed by atoms with E-state index in [9.17, 15) is 0 Å². The highest BCUT2D eigenvalue weighted by atomic mass is 79.9. The van der Waals surface area contributed by atoms with Gasteiger partial charge in [0, 0.05) is 0 Å². The minimum absolute atomic E-state index is 0.759. The highest BCUT2D eigenvalue weighted by Crippen LogP contribution is 2.21. The predicted molar refractivity (Wildman–Crippen MR) is 51.5 cm³/mol. The Labute approximate surface area is 78.5 Å². The van der Waals surface area contributed by atoms with Crippen LogP contribution < -0.4 is 5.32 Å². The summed E-state index contributed by atoms with van der Waals surface area (Å²) in [7, 11) is 0. The first-order valence-electron chi connectivity index (χ1n) is 3.52. The normalized spacial score (nSPS) is 20.6. The van der Waals surface area contributed by atoms with E-state index in [2.05, 4.69) is 43.3 Å². The van der Waals surface area contributed by atoms with Crippen molar-refractivity contribution in [3.63, 3.8) is 0 Å². The van der Waals surface area contributed by atoms with Crippen LogP contribution >= 0.6 is 31.9 Å². The van der Waals surface area contributed by atoms with Gasteiger partial charge in [-0.05, 0) is 63.7 Å². The third-order valence-electron chi connectivity index (χ3n) is 1.75. The predicted octanol–water partition coefficient (Wildman–Crippen LogP) is 2.62. The number of nitrogens with one attached hydrogen (secondary N) is 1. The molecule has 0 atom stereocenters. The fourth-order valence-electron chi connectivity index (χ4n) is 1.19. The first-order chi connectivity index (χ1) is 4.79.